The molecule has 1 N–H and O–H groups in total. The summed E-state index contributed by atoms with van der Waals surface area (Å²) in [5.74, 6) is 0.868. The monoisotopic (exact) mass is 382 g/mol. The smallest absolute Gasteiger partial charge is 0.224 e. The first-order valence-corrected chi connectivity index (χ1v) is 10.0. The summed E-state index contributed by atoms with van der Waals surface area (Å²) in [6.07, 6.45) is 0.371. The number of nitrogens with one attached hydrogen (secondary N) is 1. The van der Waals surface area contributed by atoms with Crippen LogP contribution in [0.2, 0.25) is 0 Å². The van der Waals surface area contributed by atoms with Gasteiger partial charge in [-0.15, -0.1) is 0 Å². The quantitative estimate of drug-likeness (QED) is 0.762. The van der Waals surface area contributed by atoms with Gasteiger partial charge in [-0.1, -0.05) is 42.0 Å². The molecule has 1 heterocycles. The summed E-state index contributed by atoms with van der Waals surface area (Å²) < 4.78 is 11.0. The summed E-state index contributed by atoms with van der Waals surface area (Å²) in [6, 6.07) is 16.5. The molecule has 3 rings (SSSR count). The maximum absolute atomic E-state index is 12.5. The SMILES string of the molecule is CCOc1ccc(CC(=O)NCC(c2ccc(C)cc2)N2CCOCC2)cc1. The number of morpholine rings is 1. The van der Waals surface area contributed by atoms with Gasteiger partial charge in [-0.25, -0.2) is 0 Å². The van der Waals surface area contributed by atoms with Gasteiger partial charge in [0.2, 0.25) is 5.91 Å². The van der Waals surface area contributed by atoms with Crippen LogP contribution in [0.15, 0.2) is 48.5 Å². The van der Waals surface area contributed by atoms with Crippen molar-refractivity contribution in [3.63, 3.8) is 0 Å². The molecule has 2 aromatic rings. The van der Waals surface area contributed by atoms with Crippen molar-refractivity contribution < 1.29 is 14.3 Å². The molecule has 0 spiro atoms. The van der Waals surface area contributed by atoms with E-state index in [0.717, 1.165) is 37.6 Å². The van der Waals surface area contributed by atoms with Crippen molar-refractivity contribution in [1.29, 1.82) is 0 Å². The highest BCUT2D eigenvalue weighted by Gasteiger charge is 2.23. The van der Waals surface area contributed by atoms with Gasteiger partial charge in [-0.05, 0) is 37.1 Å². The molecule has 0 aromatic heterocycles. The number of benzene rings is 2. The second-order valence-corrected chi connectivity index (χ2v) is 7.13. The second-order valence-electron chi connectivity index (χ2n) is 7.13. The Kier molecular flexibility index (Phi) is 7.46. The van der Waals surface area contributed by atoms with Crippen molar-refractivity contribution >= 4 is 5.91 Å². The molecule has 1 aliphatic rings. The van der Waals surface area contributed by atoms with Gasteiger partial charge >= 0.3 is 0 Å². The second kappa shape index (κ2) is 10.2. The van der Waals surface area contributed by atoms with Crippen LogP contribution in [0.1, 0.15) is 29.7 Å². The van der Waals surface area contributed by atoms with Gasteiger partial charge in [0.15, 0.2) is 0 Å². The van der Waals surface area contributed by atoms with E-state index in [2.05, 4.69) is 41.4 Å². The molecule has 1 unspecified atom stereocenters. The molecule has 1 atom stereocenters. The molecule has 5 heteroatoms. The van der Waals surface area contributed by atoms with Crippen LogP contribution in [0.5, 0.6) is 5.75 Å². The molecule has 2 aromatic carbocycles. The van der Waals surface area contributed by atoms with E-state index in [-0.39, 0.29) is 11.9 Å². The van der Waals surface area contributed by atoms with E-state index in [1.54, 1.807) is 0 Å². The van der Waals surface area contributed by atoms with E-state index in [9.17, 15) is 4.79 Å². The minimum Gasteiger partial charge on any atom is -0.494 e. The average Bonchev–Trinajstić information content (AvgIpc) is 2.72. The fourth-order valence-electron chi connectivity index (χ4n) is 3.46. The summed E-state index contributed by atoms with van der Waals surface area (Å²) in [7, 11) is 0. The van der Waals surface area contributed by atoms with Gasteiger partial charge in [-0.2, -0.15) is 0 Å². The van der Waals surface area contributed by atoms with Gasteiger partial charge in [-0.3, -0.25) is 9.69 Å². The minimum absolute atomic E-state index is 0.0366. The van der Waals surface area contributed by atoms with Crippen molar-refractivity contribution in [3.05, 3.63) is 65.2 Å². The fourth-order valence-corrected chi connectivity index (χ4v) is 3.46. The zero-order chi connectivity index (χ0) is 19.8. The highest BCUT2D eigenvalue weighted by molar-refractivity contribution is 5.78. The van der Waals surface area contributed by atoms with Crippen LogP contribution in [0.25, 0.3) is 0 Å². The maximum Gasteiger partial charge on any atom is 0.224 e. The molecule has 1 fully saturated rings. The lowest BCUT2D eigenvalue weighted by atomic mass is 10.0. The average molecular weight is 383 g/mol. The number of nitrogens with zero attached hydrogens (tertiary/aromatic N) is 1. The first-order valence-electron chi connectivity index (χ1n) is 10.0. The minimum atomic E-state index is 0.0366. The molecular weight excluding hydrogens is 352 g/mol. The van der Waals surface area contributed by atoms with E-state index in [1.165, 1.54) is 11.1 Å². The molecule has 0 saturated carbocycles. The number of ether oxygens (including phenoxy) is 2. The van der Waals surface area contributed by atoms with E-state index in [4.69, 9.17) is 9.47 Å². The standard InChI is InChI=1S/C23H30N2O3/c1-3-28-21-10-6-19(7-11-21)16-23(26)24-17-22(25-12-14-27-15-13-25)20-8-4-18(2)5-9-20/h4-11,22H,3,12-17H2,1-2H3,(H,24,26). The van der Waals surface area contributed by atoms with Crippen LogP contribution in [-0.4, -0.2) is 50.3 Å². The van der Waals surface area contributed by atoms with E-state index < -0.39 is 0 Å². The van der Waals surface area contributed by atoms with Crippen LogP contribution in [0.3, 0.4) is 0 Å². The highest BCUT2D eigenvalue weighted by atomic mass is 16.5. The van der Waals surface area contributed by atoms with Gasteiger partial charge in [0.25, 0.3) is 0 Å². The van der Waals surface area contributed by atoms with Crippen LogP contribution in [0.4, 0.5) is 0 Å². The van der Waals surface area contributed by atoms with E-state index in [0.29, 0.717) is 19.6 Å². The molecule has 0 bridgehead atoms. The van der Waals surface area contributed by atoms with Crippen molar-refractivity contribution in [2.45, 2.75) is 26.3 Å². The predicted octanol–water partition coefficient (Wildman–Crippen LogP) is 3.13. The Morgan fingerprint density at radius 2 is 1.79 bits per heavy atom. The van der Waals surface area contributed by atoms with Crippen LogP contribution >= 0.6 is 0 Å². The highest BCUT2D eigenvalue weighted by Crippen LogP contribution is 2.22. The van der Waals surface area contributed by atoms with Gasteiger partial charge in [0.1, 0.15) is 5.75 Å². The first kappa shape index (κ1) is 20.4. The Balaban J connectivity index is 1.60. The summed E-state index contributed by atoms with van der Waals surface area (Å²) in [6.45, 7) is 8.53. The fraction of sp³-hybridized carbons (Fsp3) is 0.435. The molecular formula is C23H30N2O3. The Hall–Kier alpha value is -2.37. The van der Waals surface area contributed by atoms with E-state index >= 15 is 0 Å². The first-order chi connectivity index (χ1) is 13.7. The zero-order valence-electron chi connectivity index (χ0n) is 16.8. The number of carbonyl (C=O) groups excluding carboxylic acids is 1. The third-order valence-electron chi connectivity index (χ3n) is 5.04. The lowest BCUT2D eigenvalue weighted by molar-refractivity contribution is -0.120. The maximum atomic E-state index is 12.5. The Bertz CT molecular complexity index is 737. The molecule has 1 saturated heterocycles. The molecule has 28 heavy (non-hydrogen) atoms. The number of carbonyl (C=O) groups is 1. The van der Waals surface area contributed by atoms with E-state index in [1.807, 2.05) is 31.2 Å². The number of amides is 1. The molecule has 0 aliphatic carbocycles. The zero-order valence-corrected chi connectivity index (χ0v) is 16.8. The Morgan fingerprint density at radius 1 is 1.11 bits per heavy atom. The molecule has 5 nitrogen and oxygen atoms in total. The van der Waals surface area contributed by atoms with Gasteiger partial charge < -0.3 is 14.8 Å². The lowest BCUT2D eigenvalue weighted by Crippen LogP contribution is -2.44. The molecule has 0 radical (unpaired) electrons. The number of hydrogen-bond acceptors (Lipinski definition) is 4. The van der Waals surface area contributed by atoms with Crippen LogP contribution in [-0.2, 0) is 16.0 Å². The number of aryl methyl sites for hydroxylation is 1. The summed E-state index contributed by atoms with van der Waals surface area (Å²) in [5, 5.41) is 3.13. The third kappa shape index (κ3) is 5.81. The van der Waals surface area contributed by atoms with Crippen molar-refractivity contribution in [1.82, 2.24) is 10.2 Å². The number of hydrogen-bond donors (Lipinski definition) is 1. The summed E-state index contributed by atoms with van der Waals surface area (Å²) in [4.78, 5) is 14.9. The van der Waals surface area contributed by atoms with Gasteiger partial charge in [0, 0.05) is 19.6 Å². The summed E-state index contributed by atoms with van der Waals surface area (Å²) >= 11 is 0. The summed E-state index contributed by atoms with van der Waals surface area (Å²) in [5.41, 5.74) is 3.46. The largest absolute Gasteiger partial charge is 0.494 e. The predicted molar refractivity (Wildman–Crippen MR) is 111 cm³/mol. The van der Waals surface area contributed by atoms with Crippen molar-refractivity contribution in [2.24, 2.45) is 0 Å². The van der Waals surface area contributed by atoms with Crippen molar-refractivity contribution in [3.8, 4) is 5.75 Å². The molecule has 1 amide bonds. The van der Waals surface area contributed by atoms with Crippen LogP contribution < -0.4 is 10.1 Å². The van der Waals surface area contributed by atoms with Gasteiger partial charge in [0.05, 0.1) is 32.3 Å². The van der Waals surface area contributed by atoms with Crippen LogP contribution in [0, 0.1) is 6.92 Å². The Morgan fingerprint density at radius 3 is 2.43 bits per heavy atom. The normalized spacial score (nSPS) is 15.8. The lowest BCUT2D eigenvalue weighted by Gasteiger charge is -2.35. The molecule has 1 aliphatic heterocycles. The topological polar surface area (TPSA) is 50.8 Å². The third-order valence-corrected chi connectivity index (χ3v) is 5.04. The van der Waals surface area contributed by atoms with Crippen molar-refractivity contribution in [2.75, 3.05) is 39.5 Å². The Labute approximate surface area is 167 Å². The molecule has 150 valence electrons. The number of rotatable bonds is 8.